The van der Waals surface area contributed by atoms with Crippen LogP contribution in [0.15, 0.2) is 101 Å². The molecule has 2 heterocycles. The summed E-state index contributed by atoms with van der Waals surface area (Å²) in [5.41, 5.74) is 4.26. The number of Topliss-reactive ketones (excluding diaryl/α,β-unsaturated/α-hetero) is 1. The Morgan fingerprint density at radius 2 is 1.47 bits per heavy atom. The Kier molecular flexibility index (Phi) is 6.84. The first-order chi connectivity index (χ1) is 21.3. The molecule has 0 amide bonds. The molecule has 1 aliphatic carbocycles. The van der Waals surface area contributed by atoms with Crippen LogP contribution in [0, 0.1) is 20.2 Å². The Balaban J connectivity index is 1.46. The fourth-order valence-corrected chi connectivity index (χ4v) is 6.74. The molecule has 10 nitrogen and oxygen atoms in total. The van der Waals surface area contributed by atoms with E-state index in [9.17, 15) is 30.1 Å². The number of carbonyl (C=O) groups is 1. The van der Waals surface area contributed by atoms with Crippen molar-refractivity contribution in [2.45, 2.75) is 52.0 Å². The predicted molar refractivity (Wildman–Crippen MR) is 169 cm³/mol. The van der Waals surface area contributed by atoms with Gasteiger partial charge in [-0.05, 0) is 44.5 Å². The fourth-order valence-electron chi connectivity index (χ4n) is 6.74. The van der Waals surface area contributed by atoms with Gasteiger partial charge in [0.15, 0.2) is 18.0 Å². The Hall–Kier alpha value is -5.38. The first kappa shape index (κ1) is 29.7. The molecule has 0 unspecified atom stereocenters. The van der Waals surface area contributed by atoms with Crippen molar-refractivity contribution in [3.05, 3.63) is 138 Å². The number of rotatable bonds is 7. The highest BCUT2D eigenvalue weighted by molar-refractivity contribution is 6.24. The van der Waals surface area contributed by atoms with E-state index in [1.807, 2.05) is 74.4 Å². The second-order valence-electron chi connectivity index (χ2n) is 12.5. The smallest absolute Gasteiger partial charge is 0.276 e. The van der Waals surface area contributed by atoms with Crippen molar-refractivity contribution in [2.24, 2.45) is 0 Å². The molecule has 228 valence electrons. The zero-order valence-electron chi connectivity index (χ0n) is 25.7. The van der Waals surface area contributed by atoms with Crippen molar-refractivity contribution in [1.82, 2.24) is 0 Å². The van der Waals surface area contributed by atoms with Gasteiger partial charge in [-0.15, -0.1) is 0 Å². The molecule has 2 aliphatic heterocycles. The maximum Gasteiger partial charge on any atom is 0.276 e. The minimum absolute atomic E-state index is 0.0273. The Morgan fingerprint density at radius 1 is 0.844 bits per heavy atom. The van der Waals surface area contributed by atoms with E-state index in [0.717, 1.165) is 22.4 Å². The first-order valence-electron chi connectivity index (χ1n) is 14.7. The van der Waals surface area contributed by atoms with E-state index in [0.29, 0.717) is 30.2 Å². The molecule has 10 heteroatoms. The second-order valence-corrected chi connectivity index (χ2v) is 12.5. The third-order valence-corrected chi connectivity index (χ3v) is 9.22. The average Bonchev–Trinajstić information content (AvgIpc) is 3.36. The number of nitro benzene ring substituents is 2. The number of ketones is 1. The van der Waals surface area contributed by atoms with Crippen molar-refractivity contribution >= 4 is 34.2 Å². The largest absolute Gasteiger partial charge is 0.871 e. The number of hydrogen-bond donors (Lipinski definition) is 0. The molecule has 0 radical (unpaired) electrons. The number of hydrogen-bond acceptors (Lipinski definition) is 7. The zero-order valence-corrected chi connectivity index (χ0v) is 25.7. The molecule has 3 aromatic rings. The summed E-state index contributed by atoms with van der Waals surface area (Å²) in [6.45, 7) is 10.7. The van der Waals surface area contributed by atoms with Crippen molar-refractivity contribution in [3.8, 4) is 0 Å². The van der Waals surface area contributed by atoms with E-state index < -0.39 is 20.7 Å². The quantitative estimate of drug-likeness (QED) is 0.142. The number of anilines is 1. The molecule has 0 saturated carbocycles. The molecule has 3 aliphatic rings. The van der Waals surface area contributed by atoms with E-state index in [4.69, 9.17) is 0 Å². The lowest BCUT2D eigenvalue weighted by atomic mass is 9.77. The van der Waals surface area contributed by atoms with Gasteiger partial charge in [0.2, 0.25) is 5.69 Å². The van der Waals surface area contributed by atoms with Gasteiger partial charge in [0, 0.05) is 64.2 Å². The van der Waals surface area contributed by atoms with Crippen LogP contribution in [0.4, 0.5) is 22.7 Å². The lowest BCUT2D eigenvalue weighted by Gasteiger charge is -2.32. The van der Waals surface area contributed by atoms with Gasteiger partial charge in [-0.3, -0.25) is 25.0 Å². The standard InChI is InChI=1S/C35H32N4O6/c1-6-36-28-16-22(38(42)43)12-14-26(28)34(2,3)30(36)18-24-32(40)25(33(24)41)19-31-35(4,5)27-15-13-23(39(44)45)17-29(27)37(31)20-21-10-8-7-9-11-21/h7-19H,6,20H2,1-5H3. The minimum atomic E-state index is -0.649. The SMILES string of the molecule is CCN1/C(=C/C2=C([O-])C(=C\C3=[N+](Cc4ccccc4)c4cc([N+](=O)[O-])ccc4C3(C)C)/C2=O)C(C)(C)c2ccc([N+](=O)[O-])cc21. The Labute approximate surface area is 260 Å². The van der Waals surface area contributed by atoms with Crippen LogP contribution in [0.25, 0.3) is 0 Å². The van der Waals surface area contributed by atoms with Crippen LogP contribution in [-0.2, 0) is 22.2 Å². The molecule has 3 aromatic carbocycles. The highest BCUT2D eigenvalue weighted by Gasteiger charge is 2.47. The lowest BCUT2D eigenvalue weighted by molar-refractivity contribution is -0.456. The maximum atomic E-state index is 13.7. The third-order valence-electron chi connectivity index (χ3n) is 9.22. The molecule has 0 fully saturated rings. The summed E-state index contributed by atoms with van der Waals surface area (Å²) < 4.78 is 1.95. The maximum absolute atomic E-state index is 13.7. The van der Waals surface area contributed by atoms with Gasteiger partial charge in [-0.25, -0.2) is 0 Å². The Morgan fingerprint density at radius 3 is 2.07 bits per heavy atom. The topological polar surface area (TPSA) is 133 Å². The number of allylic oxidation sites excluding steroid dienone is 5. The van der Waals surface area contributed by atoms with Crippen molar-refractivity contribution < 1.29 is 24.3 Å². The van der Waals surface area contributed by atoms with Crippen LogP contribution >= 0.6 is 0 Å². The second kappa shape index (κ2) is 10.4. The van der Waals surface area contributed by atoms with Crippen molar-refractivity contribution in [2.75, 3.05) is 11.4 Å². The monoisotopic (exact) mass is 604 g/mol. The minimum Gasteiger partial charge on any atom is -0.871 e. The van der Waals surface area contributed by atoms with E-state index in [-0.39, 0.29) is 34.1 Å². The molecule has 0 bridgehead atoms. The highest BCUT2D eigenvalue weighted by Crippen LogP contribution is 2.50. The third kappa shape index (κ3) is 4.56. The van der Waals surface area contributed by atoms with Crippen molar-refractivity contribution in [3.63, 3.8) is 0 Å². The summed E-state index contributed by atoms with van der Waals surface area (Å²) in [6.07, 6.45) is 3.26. The number of nitrogens with zero attached hydrogens (tertiary/aromatic N) is 4. The summed E-state index contributed by atoms with van der Waals surface area (Å²) in [5, 5.41) is 36.8. The molecule has 0 atom stereocenters. The van der Waals surface area contributed by atoms with Gasteiger partial charge in [0.1, 0.15) is 0 Å². The van der Waals surface area contributed by atoms with E-state index in [2.05, 4.69) is 0 Å². The lowest BCUT2D eigenvalue weighted by Crippen LogP contribution is -2.35. The van der Waals surface area contributed by atoms with Crippen LogP contribution in [0.5, 0.6) is 0 Å². The molecule has 0 spiro atoms. The molecule has 45 heavy (non-hydrogen) atoms. The normalized spacial score (nSPS) is 19.7. The van der Waals surface area contributed by atoms with Gasteiger partial charge >= 0.3 is 0 Å². The molecule has 0 N–H and O–H groups in total. The van der Waals surface area contributed by atoms with Crippen LogP contribution < -0.4 is 10.0 Å². The number of benzene rings is 3. The number of carbonyl (C=O) groups excluding carboxylic acids is 1. The fraction of sp³-hybridized carbons (Fsp3) is 0.257. The number of likely N-dealkylation sites (N-methyl/N-ethyl adjacent to an activating group) is 1. The van der Waals surface area contributed by atoms with Gasteiger partial charge in [0.05, 0.1) is 27.0 Å². The highest BCUT2D eigenvalue weighted by atomic mass is 16.6. The van der Waals surface area contributed by atoms with Gasteiger partial charge in [-0.1, -0.05) is 49.9 Å². The van der Waals surface area contributed by atoms with E-state index in [1.54, 1.807) is 30.4 Å². The van der Waals surface area contributed by atoms with E-state index in [1.165, 1.54) is 18.2 Å². The molecule has 0 aromatic heterocycles. The number of fused-ring (bicyclic) bond motifs is 2. The van der Waals surface area contributed by atoms with Gasteiger partial charge in [0.25, 0.3) is 11.4 Å². The summed E-state index contributed by atoms with van der Waals surface area (Å²) in [4.78, 5) is 37.8. The molecule has 0 saturated heterocycles. The van der Waals surface area contributed by atoms with Crippen LogP contribution in [0.3, 0.4) is 0 Å². The van der Waals surface area contributed by atoms with Crippen LogP contribution in [-0.4, -0.2) is 32.5 Å². The summed E-state index contributed by atoms with van der Waals surface area (Å²) >= 11 is 0. The number of nitro groups is 2. The molecular weight excluding hydrogens is 572 g/mol. The molecular formula is C35H32N4O6. The van der Waals surface area contributed by atoms with Crippen LogP contribution in [0.2, 0.25) is 0 Å². The molecule has 6 rings (SSSR count). The predicted octanol–water partition coefficient (Wildman–Crippen LogP) is 5.90. The zero-order chi connectivity index (χ0) is 32.4. The van der Waals surface area contributed by atoms with E-state index >= 15 is 0 Å². The average molecular weight is 605 g/mol. The van der Waals surface area contributed by atoms with Crippen molar-refractivity contribution in [1.29, 1.82) is 0 Å². The summed E-state index contributed by atoms with van der Waals surface area (Å²) in [7, 11) is 0. The Bertz CT molecular complexity index is 1950. The van der Waals surface area contributed by atoms with Gasteiger partial charge < -0.3 is 10.0 Å². The van der Waals surface area contributed by atoms with Gasteiger partial charge in [-0.2, -0.15) is 4.58 Å². The summed E-state index contributed by atoms with van der Waals surface area (Å²) in [5.74, 6) is -0.766. The number of non-ortho nitro benzene ring substituents is 2. The van der Waals surface area contributed by atoms with Crippen LogP contribution in [0.1, 0.15) is 51.3 Å². The summed E-state index contributed by atoms with van der Waals surface area (Å²) in [6, 6.07) is 19.2. The first-order valence-corrected chi connectivity index (χ1v) is 14.7.